The molecule has 1 N–H and O–H groups in total. The summed E-state index contributed by atoms with van der Waals surface area (Å²) in [6.07, 6.45) is -2.70. The molecule has 0 spiro atoms. The van der Waals surface area contributed by atoms with Gasteiger partial charge >= 0.3 is 11.9 Å². The Labute approximate surface area is 201 Å². The van der Waals surface area contributed by atoms with Gasteiger partial charge in [-0.25, -0.2) is 4.79 Å². The third-order valence-electron chi connectivity index (χ3n) is 5.19. The third kappa shape index (κ3) is 7.03. The Kier molecular flexibility index (Phi) is 10.0. The molecule has 1 aromatic carbocycles. The van der Waals surface area contributed by atoms with Crippen LogP contribution < -0.4 is 5.32 Å². The number of nitrogens with one attached hydrogen (secondary N) is 1. The zero-order valence-corrected chi connectivity index (χ0v) is 20.9. The molecular formula is C25H36N2O7. The lowest BCUT2D eigenvalue weighted by atomic mass is 9.88. The lowest BCUT2D eigenvalue weighted by Gasteiger charge is -2.32. The van der Waals surface area contributed by atoms with Gasteiger partial charge in [0.2, 0.25) is 12.5 Å². The first kappa shape index (κ1) is 27.3. The van der Waals surface area contributed by atoms with Crippen molar-refractivity contribution in [2.45, 2.75) is 85.0 Å². The smallest absolute Gasteiger partial charge is 0.351 e. The van der Waals surface area contributed by atoms with Crippen molar-refractivity contribution in [2.75, 3.05) is 0 Å². The second-order valence-electron chi connectivity index (χ2n) is 9.20. The Morgan fingerprint density at radius 3 is 2.06 bits per heavy atom. The van der Waals surface area contributed by atoms with Crippen LogP contribution in [0.3, 0.4) is 0 Å². The van der Waals surface area contributed by atoms with Gasteiger partial charge in [-0.1, -0.05) is 49.3 Å². The highest BCUT2D eigenvalue weighted by molar-refractivity contribution is 6.09. The van der Waals surface area contributed by atoms with E-state index in [1.54, 1.807) is 27.7 Å². The minimum atomic E-state index is -1.27. The summed E-state index contributed by atoms with van der Waals surface area (Å²) in [6, 6.07) is 9.04. The number of benzene rings is 1. The fourth-order valence-electron chi connectivity index (χ4n) is 3.70. The average Bonchev–Trinajstić information content (AvgIpc) is 3.19. The highest BCUT2D eigenvalue weighted by Crippen LogP contribution is 2.32. The first-order chi connectivity index (χ1) is 16.1. The number of oxime groups is 1. The summed E-state index contributed by atoms with van der Waals surface area (Å²) < 4.78 is 17.2. The van der Waals surface area contributed by atoms with E-state index in [9.17, 15) is 14.4 Å². The summed E-state index contributed by atoms with van der Waals surface area (Å²) in [5.74, 6) is -2.60. The number of carbonyl (C=O) groups excluding carboxylic acids is 3. The molecule has 0 radical (unpaired) electrons. The lowest BCUT2D eigenvalue weighted by Crippen LogP contribution is -2.46. The molecule has 0 aliphatic carbocycles. The first-order valence-corrected chi connectivity index (χ1v) is 11.6. The maximum absolute atomic E-state index is 13.1. The van der Waals surface area contributed by atoms with E-state index in [0.717, 1.165) is 5.56 Å². The van der Waals surface area contributed by atoms with Crippen molar-refractivity contribution in [3.05, 3.63) is 35.9 Å². The fourth-order valence-corrected chi connectivity index (χ4v) is 3.70. The Hall–Kier alpha value is -2.94. The van der Waals surface area contributed by atoms with Crippen LogP contribution in [0, 0.1) is 11.8 Å². The van der Waals surface area contributed by atoms with Crippen molar-refractivity contribution < 1.29 is 33.4 Å². The zero-order chi connectivity index (χ0) is 25.4. The molecule has 188 valence electrons. The average molecular weight is 477 g/mol. The maximum Gasteiger partial charge on any atom is 0.351 e. The number of ether oxygens (including phenoxy) is 3. The molecule has 9 nitrogen and oxygen atoms in total. The molecule has 34 heavy (non-hydrogen) atoms. The topological polar surface area (TPSA) is 113 Å². The van der Waals surface area contributed by atoms with Gasteiger partial charge in [-0.2, -0.15) is 0 Å². The van der Waals surface area contributed by atoms with Crippen LogP contribution in [0.25, 0.3) is 0 Å². The predicted molar refractivity (Wildman–Crippen MR) is 126 cm³/mol. The van der Waals surface area contributed by atoms with Crippen LogP contribution >= 0.6 is 0 Å². The van der Waals surface area contributed by atoms with Crippen LogP contribution in [-0.4, -0.2) is 54.5 Å². The number of nitrogens with zero attached hydrogens (tertiary/aromatic N) is 1. The SMILES string of the molecule is CC(C)OC(=O)C1ON=C([C@H](O[C@H](c2ccccc2)[C@H](C)NC=O)C(C)C)C1C(=O)OC(C)C. The summed E-state index contributed by atoms with van der Waals surface area (Å²) in [4.78, 5) is 42.4. The van der Waals surface area contributed by atoms with Crippen molar-refractivity contribution in [1.82, 2.24) is 5.32 Å². The molecule has 0 saturated carbocycles. The molecule has 0 aromatic heterocycles. The van der Waals surface area contributed by atoms with Crippen LogP contribution in [0.1, 0.15) is 60.1 Å². The number of hydrogen-bond acceptors (Lipinski definition) is 8. The van der Waals surface area contributed by atoms with E-state index in [2.05, 4.69) is 10.5 Å². The molecular weight excluding hydrogens is 440 g/mol. The Balaban J connectivity index is 2.42. The quantitative estimate of drug-likeness (QED) is 0.364. The fraction of sp³-hybridized carbons (Fsp3) is 0.600. The van der Waals surface area contributed by atoms with Gasteiger partial charge < -0.3 is 24.4 Å². The number of hydrogen-bond donors (Lipinski definition) is 1. The monoisotopic (exact) mass is 476 g/mol. The number of carbonyl (C=O) groups is 3. The van der Waals surface area contributed by atoms with Crippen LogP contribution in [0.4, 0.5) is 0 Å². The minimum absolute atomic E-state index is 0.147. The predicted octanol–water partition coefficient (Wildman–Crippen LogP) is 3.18. The highest BCUT2D eigenvalue weighted by Gasteiger charge is 2.50. The van der Waals surface area contributed by atoms with Gasteiger partial charge in [0, 0.05) is 0 Å². The standard InChI is InChI=1S/C25H36N2O7/c1-14(2)21(33-22(17(7)26-13-28)18-11-9-8-10-12-18)20-19(24(29)31-15(3)4)23(34-27-20)25(30)32-16(5)6/h8-17,19,21-23H,1-7H3,(H,26,28)/t17-,19?,21+,22-,23?/m0/s1. The third-order valence-corrected chi connectivity index (χ3v) is 5.19. The number of rotatable bonds is 12. The molecule has 0 saturated heterocycles. The summed E-state index contributed by atoms with van der Waals surface area (Å²) in [6.45, 7) is 12.5. The Morgan fingerprint density at radius 2 is 1.53 bits per heavy atom. The second-order valence-corrected chi connectivity index (χ2v) is 9.20. The van der Waals surface area contributed by atoms with Gasteiger partial charge in [0.1, 0.15) is 17.9 Å². The van der Waals surface area contributed by atoms with Gasteiger partial charge in [0.15, 0.2) is 5.92 Å². The highest BCUT2D eigenvalue weighted by atomic mass is 16.7. The van der Waals surface area contributed by atoms with E-state index in [4.69, 9.17) is 19.0 Å². The van der Waals surface area contributed by atoms with E-state index < -0.39 is 48.4 Å². The first-order valence-electron chi connectivity index (χ1n) is 11.6. The molecule has 1 aromatic rings. The second kappa shape index (κ2) is 12.5. The van der Waals surface area contributed by atoms with Crippen LogP contribution in [-0.2, 0) is 33.4 Å². The van der Waals surface area contributed by atoms with E-state index in [1.165, 1.54) is 0 Å². The molecule has 2 rings (SSSR count). The van der Waals surface area contributed by atoms with Crippen molar-refractivity contribution in [2.24, 2.45) is 17.0 Å². The van der Waals surface area contributed by atoms with E-state index >= 15 is 0 Å². The molecule has 1 heterocycles. The van der Waals surface area contributed by atoms with E-state index in [-0.39, 0.29) is 17.7 Å². The Bertz CT molecular complexity index is 854. The number of esters is 2. The minimum Gasteiger partial charge on any atom is -0.462 e. The molecule has 0 fully saturated rings. The van der Waals surface area contributed by atoms with Gasteiger partial charge in [-0.3, -0.25) is 9.59 Å². The summed E-state index contributed by atoms with van der Waals surface area (Å²) >= 11 is 0. The summed E-state index contributed by atoms with van der Waals surface area (Å²) in [5, 5.41) is 6.87. The molecule has 1 amide bonds. The molecule has 1 aliphatic rings. The summed E-state index contributed by atoms with van der Waals surface area (Å²) in [5.41, 5.74) is 1.09. The summed E-state index contributed by atoms with van der Waals surface area (Å²) in [7, 11) is 0. The maximum atomic E-state index is 13.1. The number of amides is 1. The lowest BCUT2D eigenvalue weighted by molar-refractivity contribution is -0.169. The van der Waals surface area contributed by atoms with Gasteiger partial charge in [0.25, 0.3) is 0 Å². The molecule has 1 aliphatic heterocycles. The van der Waals surface area contributed by atoms with E-state index in [1.807, 2.05) is 51.1 Å². The van der Waals surface area contributed by atoms with Crippen LogP contribution in [0.5, 0.6) is 0 Å². The molecule has 2 unspecified atom stereocenters. The van der Waals surface area contributed by atoms with Crippen molar-refractivity contribution in [3.63, 3.8) is 0 Å². The largest absolute Gasteiger partial charge is 0.462 e. The van der Waals surface area contributed by atoms with Crippen molar-refractivity contribution >= 4 is 24.1 Å². The van der Waals surface area contributed by atoms with E-state index in [0.29, 0.717) is 6.41 Å². The Morgan fingerprint density at radius 1 is 0.941 bits per heavy atom. The van der Waals surface area contributed by atoms with Gasteiger partial charge in [-0.05, 0) is 46.1 Å². The van der Waals surface area contributed by atoms with Gasteiger partial charge in [0.05, 0.1) is 18.2 Å². The zero-order valence-electron chi connectivity index (χ0n) is 20.9. The molecule has 0 bridgehead atoms. The molecule has 5 atom stereocenters. The van der Waals surface area contributed by atoms with Crippen LogP contribution in [0.15, 0.2) is 35.5 Å². The van der Waals surface area contributed by atoms with Gasteiger partial charge in [-0.15, -0.1) is 0 Å². The van der Waals surface area contributed by atoms with Crippen molar-refractivity contribution in [1.29, 1.82) is 0 Å². The van der Waals surface area contributed by atoms with Crippen molar-refractivity contribution in [3.8, 4) is 0 Å². The molecule has 9 heteroatoms. The normalized spacial score (nSPS) is 20.4. The van der Waals surface area contributed by atoms with Crippen LogP contribution in [0.2, 0.25) is 0 Å².